The molecule has 0 saturated carbocycles. The van der Waals surface area contributed by atoms with E-state index in [2.05, 4.69) is 32.2 Å². The number of nitrogens with one attached hydrogen (secondary N) is 1. The molecule has 0 spiro atoms. The van der Waals surface area contributed by atoms with Crippen molar-refractivity contribution in [1.29, 1.82) is 5.26 Å². The van der Waals surface area contributed by atoms with Crippen LogP contribution in [0.4, 0.5) is 13.2 Å². The minimum absolute atomic E-state index is 0.0103. The van der Waals surface area contributed by atoms with Crippen LogP contribution in [0.5, 0.6) is 0 Å². The summed E-state index contributed by atoms with van der Waals surface area (Å²) >= 11 is 0. The summed E-state index contributed by atoms with van der Waals surface area (Å²) in [5.41, 5.74) is 0.111. The van der Waals surface area contributed by atoms with Gasteiger partial charge >= 0.3 is 18.1 Å². The summed E-state index contributed by atoms with van der Waals surface area (Å²) in [6, 6.07) is 1.65. The van der Waals surface area contributed by atoms with Gasteiger partial charge in [0.15, 0.2) is 0 Å². The number of halogens is 3. The molecule has 0 aromatic carbocycles. The number of carboxylic acids is 2. The maximum atomic E-state index is 10.8. The van der Waals surface area contributed by atoms with E-state index in [-0.39, 0.29) is 17.4 Å². The van der Waals surface area contributed by atoms with Gasteiger partial charge in [0, 0.05) is 6.04 Å². The highest BCUT2D eigenvalue weighted by Gasteiger charge is 2.39. The van der Waals surface area contributed by atoms with Crippen LogP contribution in [0.1, 0.15) is 33.6 Å². The Balaban J connectivity index is 0.000000534. The fraction of sp³-hybridized carbons (Fsp3) is 0.769. The van der Waals surface area contributed by atoms with E-state index in [1.54, 1.807) is 0 Å². The highest BCUT2D eigenvalue weighted by Crippen LogP contribution is 2.30. The fourth-order valence-corrected chi connectivity index (χ4v) is 2.04. The van der Waals surface area contributed by atoms with E-state index in [1.165, 1.54) is 0 Å². The molecule has 6 nitrogen and oxygen atoms in total. The fourth-order valence-electron chi connectivity index (χ4n) is 2.04. The maximum absolute atomic E-state index is 10.8. The van der Waals surface area contributed by atoms with Crippen molar-refractivity contribution < 1.29 is 33.0 Å². The van der Waals surface area contributed by atoms with Crippen LogP contribution < -0.4 is 5.32 Å². The number of aliphatic carboxylic acids is 2. The Morgan fingerprint density at radius 3 is 2.00 bits per heavy atom. The van der Waals surface area contributed by atoms with E-state index in [1.807, 2.05) is 0 Å². The molecular formula is C13H19F3N2O4. The van der Waals surface area contributed by atoms with Crippen molar-refractivity contribution in [3.8, 4) is 6.07 Å². The first-order valence-electron chi connectivity index (χ1n) is 6.46. The Hall–Kier alpha value is -1.82. The summed E-state index contributed by atoms with van der Waals surface area (Å²) in [5, 5.41) is 28.0. The molecule has 0 radical (unpaired) electrons. The van der Waals surface area contributed by atoms with E-state index in [0.29, 0.717) is 6.42 Å². The van der Waals surface area contributed by atoms with Gasteiger partial charge < -0.3 is 15.5 Å². The smallest absolute Gasteiger partial charge is 0.480 e. The van der Waals surface area contributed by atoms with E-state index in [9.17, 15) is 18.0 Å². The molecule has 0 bridgehead atoms. The topological polar surface area (TPSA) is 110 Å². The van der Waals surface area contributed by atoms with Crippen LogP contribution >= 0.6 is 0 Å². The molecule has 1 aliphatic heterocycles. The van der Waals surface area contributed by atoms with Gasteiger partial charge in [-0.15, -0.1) is 0 Å². The minimum atomic E-state index is -5.08. The van der Waals surface area contributed by atoms with Gasteiger partial charge in [-0.1, -0.05) is 20.8 Å². The molecule has 3 unspecified atom stereocenters. The van der Waals surface area contributed by atoms with Crippen LogP contribution in [0, 0.1) is 22.7 Å². The van der Waals surface area contributed by atoms with Gasteiger partial charge in [0.1, 0.15) is 6.04 Å². The molecule has 1 fully saturated rings. The summed E-state index contributed by atoms with van der Waals surface area (Å²) in [7, 11) is 0. The zero-order valence-electron chi connectivity index (χ0n) is 12.4. The number of carboxylic acid groups (broad SMARTS) is 2. The molecule has 0 aliphatic carbocycles. The second-order valence-corrected chi connectivity index (χ2v) is 6.20. The van der Waals surface area contributed by atoms with E-state index in [4.69, 9.17) is 20.3 Å². The van der Waals surface area contributed by atoms with Gasteiger partial charge in [-0.25, -0.2) is 4.79 Å². The lowest BCUT2D eigenvalue weighted by Crippen LogP contribution is -2.38. The Morgan fingerprint density at radius 1 is 1.27 bits per heavy atom. The molecule has 0 aromatic rings. The molecule has 1 heterocycles. The summed E-state index contributed by atoms with van der Waals surface area (Å²) in [4.78, 5) is 19.7. The number of nitrogens with zero attached hydrogens (tertiary/aromatic N) is 1. The van der Waals surface area contributed by atoms with Crippen molar-refractivity contribution in [2.75, 3.05) is 0 Å². The number of hydrogen-bond donors (Lipinski definition) is 3. The van der Waals surface area contributed by atoms with Crippen LogP contribution in [0.15, 0.2) is 0 Å². The predicted molar refractivity (Wildman–Crippen MR) is 69.8 cm³/mol. The molecule has 1 saturated heterocycles. The Bertz CT molecular complexity index is 452. The lowest BCUT2D eigenvalue weighted by molar-refractivity contribution is -0.192. The van der Waals surface area contributed by atoms with Gasteiger partial charge in [-0.05, 0) is 18.3 Å². The van der Waals surface area contributed by atoms with Crippen LogP contribution in [0.2, 0.25) is 0 Å². The Labute approximate surface area is 125 Å². The third-order valence-corrected chi connectivity index (χ3v) is 2.93. The van der Waals surface area contributed by atoms with Gasteiger partial charge in [0.25, 0.3) is 0 Å². The van der Waals surface area contributed by atoms with Gasteiger partial charge in [0.05, 0.1) is 12.0 Å². The van der Waals surface area contributed by atoms with Gasteiger partial charge in [0.2, 0.25) is 0 Å². The SMILES string of the molecule is CC(C)(C)CC1NC(C(=O)O)CC1C#N.O=C(O)C(F)(F)F. The Kier molecular flexibility index (Phi) is 6.83. The molecule has 22 heavy (non-hydrogen) atoms. The second-order valence-electron chi connectivity index (χ2n) is 6.20. The van der Waals surface area contributed by atoms with Gasteiger partial charge in [-0.3, -0.25) is 4.79 Å². The minimum Gasteiger partial charge on any atom is -0.480 e. The van der Waals surface area contributed by atoms with E-state index >= 15 is 0 Å². The van der Waals surface area contributed by atoms with Crippen molar-refractivity contribution in [1.82, 2.24) is 5.32 Å². The first-order valence-corrected chi connectivity index (χ1v) is 6.46. The van der Waals surface area contributed by atoms with Crippen molar-refractivity contribution in [3.05, 3.63) is 0 Å². The molecule has 0 amide bonds. The average Bonchev–Trinajstić information content (AvgIpc) is 2.69. The zero-order chi connectivity index (χ0) is 17.7. The monoisotopic (exact) mass is 324 g/mol. The summed E-state index contributed by atoms with van der Waals surface area (Å²) in [6.07, 6.45) is -3.83. The summed E-state index contributed by atoms with van der Waals surface area (Å²) in [6.45, 7) is 6.28. The van der Waals surface area contributed by atoms with Crippen LogP contribution in [-0.2, 0) is 9.59 Å². The molecule has 9 heteroatoms. The molecule has 0 aromatic heterocycles. The number of hydrogen-bond acceptors (Lipinski definition) is 4. The van der Waals surface area contributed by atoms with Crippen molar-refractivity contribution in [2.24, 2.45) is 11.3 Å². The highest BCUT2D eigenvalue weighted by molar-refractivity contribution is 5.74. The molecular weight excluding hydrogens is 305 g/mol. The first kappa shape index (κ1) is 20.2. The number of carbonyl (C=O) groups is 2. The quantitative estimate of drug-likeness (QED) is 0.716. The lowest BCUT2D eigenvalue weighted by atomic mass is 9.84. The molecule has 126 valence electrons. The summed E-state index contributed by atoms with van der Waals surface area (Å²) < 4.78 is 31.7. The standard InChI is InChI=1S/C11H18N2O2.C2HF3O2/c1-11(2,3)5-9-7(6-12)4-8(13-9)10(14)15;3-2(4,5)1(6)7/h7-9,13H,4-5H2,1-3H3,(H,14,15);(H,6,7). The number of rotatable bonds is 2. The predicted octanol–water partition coefficient (Wildman–Crippen LogP) is 2.01. The molecule has 3 N–H and O–H groups in total. The van der Waals surface area contributed by atoms with E-state index < -0.39 is 24.2 Å². The molecule has 3 atom stereocenters. The van der Waals surface area contributed by atoms with Crippen LogP contribution in [-0.4, -0.2) is 40.4 Å². The zero-order valence-corrected chi connectivity index (χ0v) is 12.4. The highest BCUT2D eigenvalue weighted by atomic mass is 19.4. The van der Waals surface area contributed by atoms with Crippen molar-refractivity contribution in [3.63, 3.8) is 0 Å². The van der Waals surface area contributed by atoms with E-state index in [0.717, 1.165) is 6.42 Å². The normalized spacial score (nSPS) is 24.9. The third kappa shape index (κ3) is 7.26. The van der Waals surface area contributed by atoms with Crippen LogP contribution in [0.3, 0.4) is 0 Å². The average molecular weight is 324 g/mol. The lowest BCUT2D eigenvalue weighted by Gasteiger charge is -2.24. The maximum Gasteiger partial charge on any atom is 0.490 e. The van der Waals surface area contributed by atoms with Crippen LogP contribution in [0.25, 0.3) is 0 Å². The summed E-state index contributed by atoms with van der Waals surface area (Å²) in [5.74, 6) is -3.79. The first-order chi connectivity index (χ1) is 9.77. The molecule has 1 rings (SSSR count). The number of nitriles is 1. The Morgan fingerprint density at radius 2 is 1.73 bits per heavy atom. The third-order valence-electron chi connectivity index (χ3n) is 2.93. The van der Waals surface area contributed by atoms with Crippen molar-refractivity contribution in [2.45, 2.75) is 51.9 Å². The van der Waals surface area contributed by atoms with Gasteiger partial charge in [-0.2, -0.15) is 18.4 Å². The number of alkyl halides is 3. The second kappa shape index (κ2) is 7.45. The largest absolute Gasteiger partial charge is 0.490 e. The van der Waals surface area contributed by atoms with Crippen molar-refractivity contribution >= 4 is 11.9 Å². The molecule has 1 aliphatic rings.